The van der Waals surface area contributed by atoms with Crippen molar-refractivity contribution in [1.29, 1.82) is 0 Å². The molecule has 0 unspecified atom stereocenters. The second-order valence-electron chi connectivity index (χ2n) is 13.5. The molecule has 10 nitrogen and oxygen atoms in total. The maximum Gasteiger partial charge on any atom is 0.335 e. The predicted molar refractivity (Wildman–Crippen MR) is 140 cm³/mol. The van der Waals surface area contributed by atoms with Crippen LogP contribution in [0.5, 0.6) is 0 Å². The lowest BCUT2D eigenvalue weighted by Gasteiger charge is -2.65. The summed E-state index contributed by atoms with van der Waals surface area (Å²) in [4.78, 5) is 24.5. The van der Waals surface area contributed by atoms with Gasteiger partial charge in [0.15, 0.2) is 6.29 Å². The Balaban J connectivity index is 1.23. The first-order valence-corrected chi connectivity index (χ1v) is 14.7. The van der Waals surface area contributed by atoms with Crippen molar-refractivity contribution in [2.24, 2.45) is 22.7 Å². The van der Waals surface area contributed by atoms with Crippen LogP contribution in [0, 0.1) is 22.7 Å². The predicted octanol–water partition coefficient (Wildman–Crippen LogP) is 1.39. The van der Waals surface area contributed by atoms with Gasteiger partial charge in [-0.15, -0.1) is 0 Å². The van der Waals surface area contributed by atoms with Gasteiger partial charge in [-0.3, -0.25) is 0 Å². The average molecular weight is 563 g/mol. The molecule has 0 amide bonds. The molecule has 4 aliphatic carbocycles. The van der Waals surface area contributed by atoms with Crippen molar-refractivity contribution in [3.8, 4) is 0 Å². The lowest BCUT2D eigenvalue weighted by atomic mass is 9.41. The SMILES string of the molecule is C[C@H]1O[C@@H](O[C@@H]2CC[C@]3(C=O)[C@@H]4CC[C@@]5(C)[C@H](c6ccc(=O)oc6)CC[C@]5(O)[C@@H]4CC[C@]3(O)C2)[C@H](O)[C@H](O)[C@H]1O. The molecule has 6 rings (SSSR count). The monoisotopic (exact) mass is 562 g/mol. The zero-order valence-electron chi connectivity index (χ0n) is 23.1. The van der Waals surface area contributed by atoms with E-state index < -0.39 is 64.5 Å². The van der Waals surface area contributed by atoms with Crippen LogP contribution in [0.2, 0.25) is 0 Å². The highest BCUT2D eigenvalue weighted by Gasteiger charge is 2.71. The van der Waals surface area contributed by atoms with E-state index >= 15 is 0 Å². The smallest absolute Gasteiger partial charge is 0.335 e. The summed E-state index contributed by atoms with van der Waals surface area (Å²) in [5.41, 5.74) is -3.34. The molecule has 0 bridgehead atoms. The molecular formula is C30H42O10. The molecule has 0 spiro atoms. The molecule has 13 atom stereocenters. The van der Waals surface area contributed by atoms with Gasteiger partial charge in [0.05, 0.1) is 35.1 Å². The van der Waals surface area contributed by atoms with E-state index in [-0.39, 0.29) is 24.2 Å². The average Bonchev–Trinajstić information content (AvgIpc) is 3.21. The lowest BCUT2D eigenvalue weighted by molar-refractivity contribution is -0.317. The van der Waals surface area contributed by atoms with E-state index in [1.807, 2.05) is 0 Å². The molecule has 2 heterocycles. The molecule has 1 aliphatic heterocycles. The number of rotatable bonds is 4. The molecule has 222 valence electrons. The minimum absolute atomic E-state index is 0.0260. The molecule has 5 N–H and O–H groups in total. The van der Waals surface area contributed by atoms with Crippen molar-refractivity contribution in [2.45, 2.75) is 126 Å². The topological polar surface area (TPSA) is 167 Å². The molecule has 1 saturated heterocycles. The highest BCUT2D eigenvalue weighted by atomic mass is 16.7. The van der Waals surface area contributed by atoms with Crippen molar-refractivity contribution in [1.82, 2.24) is 0 Å². The molecular weight excluding hydrogens is 520 g/mol. The van der Waals surface area contributed by atoms with Gasteiger partial charge in [0.25, 0.3) is 0 Å². The number of hydrogen-bond acceptors (Lipinski definition) is 10. The second-order valence-corrected chi connectivity index (χ2v) is 13.5. The number of aliphatic hydroxyl groups is 5. The molecule has 5 fully saturated rings. The van der Waals surface area contributed by atoms with Gasteiger partial charge < -0.3 is 44.2 Å². The summed E-state index contributed by atoms with van der Waals surface area (Å²) in [6.07, 6.45) is 0.559. The highest BCUT2D eigenvalue weighted by molar-refractivity contribution is 5.64. The fraction of sp³-hybridized carbons (Fsp3) is 0.800. The van der Waals surface area contributed by atoms with E-state index in [1.165, 1.54) is 12.3 Å². The van der Waals surface area contributed by atoms with E-state index in [9.17, 15) is 35.1 Å². The van der Waals surface area contributed by atoms with Gasteiger partial charge in [-0.05, 0) is 87.7 Å². The highest BCUT2D eigenvalue weighted by Crippen LogP contribution is 2.71. The lowest BCUT2D eigenvalue weighted by Crippen LogP contribution is -2.69. The van der Waals surface area contributed by atoms with Crippen molar-refractivity contribution in [3.63, 3.8) is 0 Å². The van der Waals surface area contributed by atoms with Gasteiger partial charge in [0, 0.05) is 17.9 Å². The number of aliphatic hydroxyl groups excluding tert-OH is 3. The maximum atomic E-state index is 13.0. The summed E-state index contributed by atoms with van der Waals surface area (Å²) in [6.45, 7) is 3.71. The molecule has 4 saturated carbocycles. The Hall–Kier alpha value is -1.66. The number of aldehydes is 1. The van der Waals surface area contributed by atoms with E-state index in [0.29, 0.717) is 44.9 Å². The van der Waals surface area contributed by atoms with Gasteiger partial charge >= 0.3 is 5.63 Å². The first-order valence-electron chi connectivity index (χ1n) is 14.7. The molecule has 0 radical (unpaired) electrons. The Morgan fingerprint density at radius 3 is 2.40 bits per heavy atom. The van der Waals surface area contributed by atoms with E-state index in [1.54, 1.807) is 13.0 Å². The Morgan fingerprint density at radius 2 is 1.70 bits per heavy atom. The minimum atomic E-state index is -1.44. The summed E-state index contributed by atoms with van der Waals surface area (Å²) in [6, 6.07) is 3.21. The molecule has 1 aromatic rings. The summed E-state index contributed by atoms with van der Waals surface area (Å²) >= 11 is 0. The van der Waals surface area contributed by atoms with Crippen LogP contribution in [-0.4, -0.2) is 79.8 Å². The Morgan fingerprint density at radius 1 is 0.950 bits per heavy atom. The number of fused-ring (bicyclic) bond motifs is 5. The number of hydrogen-bond donors (Lipinski definition) is 5. The molecule has 40 heavy (non-hydrogen) atoms. The van der Waals surface area contributed by atoms with Gasteiger partial charge in [-0.25, -0.2) is 4.79 Å². The van der Waals surface area contributed by atoms with Crippen LogP contribution in [0.3, 0.4) is 0 Å². The van der Waals surface area contributed by atoms with Crippen molar-refractivity contribution >= 4 is 6.29 Å². The zero-order chi connectivity index (χ0) is 28.7. The van der Waals surface area contributed by atoms with Crippen LogP contribution in [0.25, 0.3) is 0 Å². The van der Waals surface area contributed by atoms with Crippen LogP contribution < -0.4 is 5.63 Å². The van der Waals surface area contributed by atoms with E-state index in [0.717, 1.165) is 18.3 Å². The Kier molecular flexibility index (Phi) is 6.89. The van der Waals surface area contributed by atoms with Gasteiger partial charge in [-0.1, -0.05) is 6.92 Å². The van der Waals surface area contributed by atoms with E-state index in [2.05, 4.69) is 6.92 Å². The number of carbonyl (C=O) groups excluding carboxylic acids is 1. The van der Waals surface area contributed by atoms with Crippen molar-refractivity contribution in [2.75, 3.05) is 0 Å². The molecule has 0 aromatic carbocycles. The normalized spacial score (nSPS) is 52.3. The fourth-order valence-corrected chi connectivity index (χ4v) is 9.67. The largest absolute Gasteiger partial charge is 0.431 e. The summed E-state index contributed by atoms with van der Waals surface area (Å²) < 4.78 is 16.8. The third-order valence-corrected chi connectivity index (χ3v) is 12.0. The first-order chi connectivity index (χ1) is 18.9. The van der Waals surface area contributed by atoms with Crippen molar-refractivity contribution < 1.29 is 44.2 Å². The number of ether oxygens (including phenoxy) is 2. The van der Waals surface area contributed by atoms with Crippen LogP contribution >= 0.6 is 0 Å². The van der Waals surface area contributed by atoms with Crippen molar-refractivity contribution in [3.05, 3.63) is 34.4 Å². The summed E-state index contributed by atoms with van der Waals surface area (Å²) in [5, 5.41) is 55.1. The second kappa shape index (κ2) is 9.69. The Bertz CT molecular complexity index is 1170. The zero-order valence-corrected chi connectivity index (χ0v) is 23.1. The minimum Gasteiger partial charge on any atom is -0.431 e. The standard InChI is InChI=1S/C30H42O10/c1-16-23(33)24(34)25(35)26(39-16)40-18-5-10-28(15-31)20-6-9-27(2)19(17-3-4-22(32)38-14-17)8-12-30(27,37)21(20)7-11-29(28,36)13-18/h3-4,14-16,18-21,23-26,33-37H,5-13H2,1-2H3/t16-,18-,19+,20-,21-,23+,24-,25-,26+,27+,28+,29+,30+/m1/s1. The molecule has 1 aromatic heterocycles. The summed E-state index contributed by atoms with van der Waals surface area (Å²) in [5.74, 6) is -0.322. The van der Waals surface area contributed by atoms with Crippen LogP contribution in [0.1, 0.15) is 83.1 Å². The molecule has 5 aliphatic rings. The van der Waals surface area contributed by atoms with Gasteiger partial charge in [0.2, 0.25) is 0 Å². The fourth-order valence-electron chi connectivity index (χ4n) is 9.67. The Labute approximate surface area is 233 Å². The third kappa shape index (κ3) is 3.87. The maximum absolute atomic E-state index is 13.0. The first kappa shape index (κ1) is 28.5. The van der Waals surface area contributed by atoms with Gasteiger partial charge in [0.1, 0.15) is 24.6 Å². The van der Waals surface area contributed by atoms with Gasteiger partial charge in [-0.2, -0.15) is 0 Å². The van der Waals surface area contributed by atoms with E-state index in [4.69, 9.17) is 13.9 Å². The number of carbonyl (C=O) groups is 1. The molecule has 10 heteroatoms. The quantitative estimate of drug-likeness (QED) is 0.267. The van der Waals surface area contributed by atoms with Crippen LogP contribution in [-0.2, 0) is 14.3 Å². The third-order valence-electron chi connectivity index (χ3n) is 12.0. The van der Waals surface area contributed by atoms with Crippen LogP contribution in [0.4, 0.5) is 0 Å². The summed E-state index contributed by atoms with van der Waals surface area (Å²) in [7, 11) is 0. The van der Waals surface area contributed by atoms with Crippen LogP contribution in [0.15, 0.2) is 27.6 Å².